The SMILES string of the molecule is CN(CCC(C)(C)N)C(C)(C)CCC(C)(C)C1(N)CC1. The zero-order chi connectivity index (χ0) is 15.8. The molecule has 0 heterocycles. The molecule has 0 aromatic carbocycles. The monoisotopic (exact) mass is 283 g/mol. The van der Waals surface area contributed by atoms with Crippen LogP contribution in [0.4, 0.5) is 0 Å². The van der Waals surface area contributed by atoms with E-state index in [9.17, 15) is 0 Å². The third kappa shape index (κ3) is 4.71. The van der Waals surface area contributed by atoms with Gasteiger partial charge in [-0.3, -0.25) is 0 Å². The average Bonchev–Trinajstić information content (AvgIpc) is 3.02. The van der Waals surface area contributed by atoms with E-state index in [0.29, 0.717) is 0 Å². The van der Waals surface area contributed by atoms with Crippen molar-refractivity contribution in [1.29, 1.82) is 0 Å². The van der Waals surface area contributed by atoms with Crippen LogP contribution in [0, 0.1) is 5.41 Å². The second kappa shape index (κ2) is 5.58. The van der Waals surface area contributed by atoms with Crippen LogP contribution in [0.15, 0.2) is 0 Å². The lowest BCUT2D eigenvalue weighted by atomic mass is 9.75. The third-order valence-electron chi connectivity index (χ3n) is 5.62. The van der Waals surface area contributed by atoms with Crippen LogP contribution in [0.2, 0.25) is 0 Å². The fourth-order valence-electron chi connectivity index (χ4n) is 2.63. The van der Waals surface area contributed by atoms with Crippen molar-refractivity contribution in [3.05, 3.63) is 0 Å². The van der Waals surface area contributed by atoms with Gasteiger partial charge in [0.1, 0.15) is 0 Å². The highest BCUT2D eigenvalue weighted by Crippen LogP contribution is 2.50. The van der Waals surface area contributed by atoms with Gasteiger partial charge < -0.3 is 16.4 Å². The van der Waals surface area contributed by atoms with Gasteiger partial charge in [0.2, 0.25) is 0 Å². The van der Waals surface area contributed by atoms with Gasteiger partial charge in [-0.15, -0.1) is 0 Å². The minimum absolute atomic E-state index is 0.0844. The summed E-state index contributed by atoms with van der Waals surface area (Å²) in [6, 6.07) is 0. The maximum absolute atomic E-state index is 6.42. The van der Waals surface area contributed by atoms with Crippen molar-refractivity contribution in [3.8, 4) is 0 Å². The van der Waals surface area contributed by atoms with E-state index >= 15 is 0 Å². The van der Waals surface area contributed by atoms with E-state index in [2.05, 4.69) is 53.5 Å². The molecule has 1 aliphatic rings. The van der Waals surface area contributed by atoms with E-state index in [1.54, 1.807) is 0 Å². The maximum Gasteiger partial charge on any atom is 0.0207 e. The molecule has 20 heavy (non-hydrogen) atoms. The largest absolute Gasteiger partial charge is 0.326 e. The molecule has 0 aliphatic heterocycles. The Morgan fingerprint density at radius 2 is 1.45 bits per heavy atom. The second-order valence-corrected chi connectivity index (χ2v) is 9.01. The Balaban J connectivity index is 2.48. The van der Waals surface area contributed by atoms with E-state index in [-0.39, 0.29) is 22.0 Å². The van der Waals surface area contributed by atoms with E-state index < -0.39 is 0 Å². The Bertz CT molecular complexity index is 322. The molecule has 0 atom stereocenters. The van der Waals surface area contributed by atoms with Crippen molar-refractivity contribution in [2.24, 2.45) is 16.9 Å². The zero-order valence-corrected chi connectivity index (χ0v) is 14.8. The Hall–Kier alpha value is -0.120. The van der Waals surface area contributed by atoms with Crippen molar-refractivity contribution < 1.29 is 0 Å². The van der Waals surface area contributed by atoms with Crippen LogP contribution in [-0.4, -0.2) is 35.1 Å². The summed E-state index contributed by atoms with van der Waals surface area (Å²) >= 11 is 0. The summed E-state index contributed by atoms with van der Waals surface area (Å²) < 4.78 is 0. The summed E-state index contributed by atoms with van der Waals surface area (Å²) in [6.07, 6.45) is 5.78. The first-order valence-corrected chi connectivity index (χ1v) is 8.08. The molecule has 0 aromatic rings. The van der Waals surface area contributed by atoms with Crippen LogP contribution in [-0.2, 0) is 0 Å². The Morgan fingerprint density at radius 3 is 1.85 bits per heavy atom. The highest BCUT2D eigenvalue weighted by molar-refractivity contribution is 5.09. The molecule has 0 saturated heterocycles. The molecule has 0 unspecified atom stereocenters. The molecule has 0 spiro atoms. The minimum Gasteiger partial charge on any atom is -0.326 e. The van der Waals surface area contributed by atoms with Crippen molar-refractivity contribution in [2.75, 3.05) is 13.6 Å². The van der Waals surface area contributed by atoms with Gasteiger partial charge in [-0.1, -0.05) is 13.8 Å². The molecule has 3 heteroatoms. The number of nitrogens with zero attached hydrogens (tertiary/aromatic N) is 1. The smallest absolute Gasteiger partial charge is 0.0207 e. The summed E-state index contributed by atoms with van der Waals surface area (Å²) in [5, 5.41) is 0. The molecule has 3 nitrogen and oxygen atoms in total. The molecule has 4 N–H and O–H groups in total. The minimum atomic E-state index is -0.0844. The standard InChI is InChI=1S/C17H37N3/c1-14(2,17(19)10-11-17)8-9-16(5,6)20(7)13-12-15(3,4)18/h8-13,18-19H2,1-7H3. The van der Waals surface area contributed by atoms with Gasteiger partial charge in [0.15, 0.2) is 0 Å². The van der Waals surface area contributed by atoms with E-state index in [0.717, 1.165) is 13.0 Å². The normalized spacial score (nSPS) is 19.5. The van der Waals surface area contributed by atoms with Gasteiger partial charge in [0, 0.05) is 23.2 Å². The molecular weight excluding hydrogens is 246 g/mol. The molecule has 1 rings (SSSR count). The number of rotatable bonds is 8. The van der Waals surface area contributed by atoms with Gasteiger partial charge in [-0.2, -0.15) is 0 Å². The highest BCUT2D eigenvalue weighted by atomic mass is 15.2. The van der Waals surface area contributed by atoms with Crippen LogP contribution >= 0.6 is 0 Å². The lowest BCUT2D eigenvalue weighted by molar-refractivity contribution is 0.108. The summed E-state index contributed by atoms with van der Waals surface area (Å²) in [7, 11) is 2.22. The highest BCUT2D eigenvalue weighted by Gasteiger charge is 2.51. The van der Waals surface area contributed by atoms with Crippen LogP contribution < -0.4 is 11.5 Å². The van der Waals surface area contributed by atoms with Crippen LogP contribution in [0.25, 0.3) is 0 Å². The first-order chi connectivity index (χ1) is 8.79. The summed E-state index contributed by atoms with van der Waals surface area (Å²) in [5.74, 6) is 0. The van der Waals surface area contributed by atoms with Crippen LogP contribution in [0.5, 0.6) is 0 Å². The Kier molecular flexibility index (Phi) is 5.01. The molecule has 0 bridgehead atoms. The number of nitrogens with two attached hydrogens (primary N) is 2. The van der Waals surface area contributed by atoms with E-state index in [1.807, 2.05) is 0 Å². The van der Waals surface area contributed by atoms with Gasteiger partial charge in [0.25, 0.3) is 0 Å². The molecule has 1 saturated carbocycles. The Labute approximate surface area is 126 Å². The van der Waals surface area contributed by atoms with Crippen molar-refractivity contribution >= 4 is 0 Å². The van der Waals surface area contributed by atoms with Crippen molar-refractivity contribution in [2.45, 2.75) is 90.3 Å². The predicted octanol–water partition coefficient (Wildman–Crippen LogP) is 3.12. The molecule has 0 amide bonds. The lowest BCUT2D eigenvalue weighted by Gasteiger charge is -2.41. The molecular formula is C17H37N3. The number of hydrogen-bond acceptors (Lipinski definition) is 3. The first kappa shape index (κ1) is 17.9. The topological polar surface area (TPSA) is 55.3 Å². The van der Waals surface area contributed by atoms with Gasteiger partial charge in [-0.05, 0) is 72.3 Å². The lowest BCUT2D eigenvalue weighted by Crippen LogP contribution is -2.47. The molecule has 0 radical (unpaired) electrons. The maximum atomic E-state index is 6.42. The number of hydrogen-bond donors (Lipinski definition) is 2. The summed E-state index contributed by atoms with van der Waals surface area (Å²) in [6.45, 7) is 14.6. The average molecular weight is 284 g/mol. The molecule has 1 aliphatic carbocycles. The predicted molar refractivity (Wildman–Crippen MR) is 88.8 cm³/mol. The van der Waals surface area contributed by atoms with Crippen molar-refractivity contribution in [1.82, 2.24) is 4.90 Å². The molecule has 1 fully saturated rings. The van der Waals surface area contributed by atoms with Gasteiger partial charge in [-0.25, -0.2) is 0 Å². The fourth-order valence-corrected chi connectivity index (χ4v) is 2.63. The van der Waals surface area contributed by atoms with Gasteiger partial charge in [0.05, 0.1) is 0 Å². The first-order valence-electron chi connectivity index (χ1n) is 8.08. The molecule has 0 aromatic heterocycles. The van der Waals surface area contributed by atoms with E-state index in [4.69, 9.17) is 11.5 Å². The fraction of sp³-hybridized carbons (Fsp3) is 1.00. The third-order valence-corrected chi connectivity index (χ3v) is 5.62. The van der Waals surface area contributed by atoms with E-state index in [1.165, 1.54) is 25.7 Å². The quantitative estimate of drug-likeness (QED) is 0.719. The summed E-state index contributed by atoms with van der Waals surface area (Å²) in [4.78, 5) is 2.45. The summed E-state index contributed by atoms with van der Waals surface area (Å²) in [5.41, 5.74) is 13.0. The van der Waals surface area contributed by atoms with Gasteiger partial charge >= 0.3 is 0 Å². The zero-order valence-electron chi connectivity index (χ0n) is 14.8. The van der Waals surface area contributed by atoms with Crippen LogP contribution in [0.3, 0.4) is 0 Å². The Morgan fingerprint density at radius 1 is 0.950 bits per heavy atom. The van der Waals surface area contributed by atoms with Crippen LogP contribution in [0.1, 0.15) is 73.6 Å². The van der Waals surface area contributed by atoms with Crippen molar-refractivity contribution in [3.63, 3.8) is 0 Å². The molecule has 120 valence electrons. The second-order valence-electron chi connectivity index (χ2n) is 9.01.